The van der Waals surface area contributed by atoms with Crippen LogP contribution in [0.4, 0.5) is 14.6 Å². The molecule has 3 aromatic rings. The molecule has 0 spiro atoms. The standard InChI is InChI=1S/C15H10ClF2N3/c16-9-3-1-8(2-4-9)14-13(15(19)21-20-14)11-6-5-10(17)7-12(11)18/h1-7H,(H3,19,20,21). The van der Waals surface area contributed by atoms with E-state index in [1.165, 1.54) is 12.1 Å². The Bertz CT molecular complexity index is 797. The number of nitrogens with one attached hydrogen (secondary N) is 1. The van der Waals surface area contributed by atoms with E-state index in [0.717, 1.165) is 11.6 Å². The van der Waals surface area contributed by atoms with E-state index in [-0.39, 0.29) is 11.4 Å². The first kappa shape index (κ1) is 13.6. The van der Waals surface area contributed by atoms with Crippen LogP contribution < -0.4 is 5.73 Å². The normalized spacial score (nSPS) is 10.8. The monoisotopic (exact) mass is 305 g/mol. The van der Waals surface area contributed by atoms with Crippen LogP contribution in [0.2, 0.25) is 5.02 Å². The highest BCUT2D eigenvalue weighted by Gasteiger charge is 2.18. The lowest BCUT2D eigenvalue weighted by Crippen LogP contribution is -1.92. The van der Waals surface area contributed by atoms with Crippen molar-refractivity contribution in [1.82, 2.24) is 10.2 Å². The van der Waals surface area contributed by atoms with Gasteiger partial charge in [-0.25, -0.2) is 8.78 Å². The molecule has 1 aromatic heterocycles. The van der Waals surface area contributed by atoms with Crippen LogP contribution in [-0.4, -0.2) is 10.2 Å². The molecule has 3 nitrogen and oxygen atoms in total. The van der Waals surface area contributed by atoms with E-state index in [4.69, 9.17) is 17.3 Å². The zero-order valence-electron chi connectivity index (χ0n) is 10.7. The summed E-state index contributed by atoms with van der Waals surface area (Å²) in [7, 11) is 0. The fraction of sp³-hybridized carbons (Fsp3) is 0. The summed E-state index contributed by atoms with van der Waals surface area (Å²) < 4.78 is 27.0. The molecule has 0 saturated carbocycles. The third kappa shape index (κ3) is 2.48. The quantitative estimate of drug-likeness (QED) is 0.743. The Hall–Kier alpha value is -2.40. The summed E-state index contributed by atoms with van der Waals surface area (Å²) in [4.78, 5) is 0. The van der Waals surface area contributed by atoms with E-state index in [9.17, 15) is 8.78 Å². The smallest absolute Gasteiger partial charge is 0.153 e. The van der Waals surface area contributed by atoms with Crippen molar-refractivity contribution in [1.29, 1.82) is 0 Å². The third-order valence-electron chi connectivity index (χ3n) is 3.13. The SMILES string of the molecule is Nc1n[nH]c(-c2ccc(Cl)cc2)c1-c1ccc(F)cc1F. The summed E-state index contributed by atoms with van der Waals surface area (Å²) >= 11 is 5.85. The average molecular weight is 306 g/mol. The Morgan fingerprint density at radius 1 is 1.05 bits per heavy atom. The Kier molecular flexibility index (Phi) is 3.35. The second-order valence-corrected chi connectivity index (χ2v) is 4.93. The molecule has 1 heterocycles. The number of halogens is 3. The van der Waals surface area contributed by atoms with Gasteiger partial charge >= 0.3 is 0 Å². The molecule has 0 aliphatic carbocycles. The van der Waals surface area contributed by atoms with Gasteiger partial charge in [-0.3, -0.25) is 5.10 Å². The zero-order valence-corrected chi connectivity index (χ0v) is 11.5. The summed E-state index contributed by atoms with van der Waals surface area (Å²) in [6, 6.07) is 10.3. The van der Waals surface area contributed by atoms with Crippen LogP contribution in [0.15, 0.2) is 42.5 Å². The molecule has 0 bridgehead atoms. The molecule has 2 aromatic carbocycles. The molecule has 106 valence electrons. The minimum Gasteiger partial charge on any atom is -0.382 e. The number of H-pyrrole nitrogens is 1. The van der Waals surface area contributed by atoms with Crippen LogP contribution in [0, 0.1) is 11.6 Å². The second-order valence-electron chi connectivity index (χ2n) is 4.49. The van der Waals surface area contributed by atoms with Gasteiger partial charge in [0.15, 0.2) is 5.82 Å². The van der Waals surface area contributed by atoms with E-state index in [0.29, 0.717) is 16.3 Å². The Morgan fingerprint density at radius 3 is 2.43 bits per heavy atom. The first-order chi connectivity index (χ1) is 10.1. The van der Waals surface area contributed by atoms with Gasteiger partial charge in [0, 0.05) is 22.2 Å². The first-order valence-corrected chi connectivity index (χ1v) is 6.49. The van der Waals surface area contributed by atoms with Crippen LogP contribution in [0.1, 0.15) is 0 Å². The maximum atomic E-state index is 14.0. The van der Waals surface area contributed by atoms with Crippen LogP contribution in [0.25, 0.3) is 22.4 Å². The lowest BCUT2D eigenvalue weighted by molar-refractivity contribution is 0.585. The largest absolute Gasteiger partial charge is 0.382 e. The van der Waals surface area contributed by atoms with Gasteiger partial charge in [0.25, 0.3) is 0 Å². The van der Waals surface area contributed by atoms with E-state index < -0.39 is 11.6 Å². The fourth-order valence-electron chi connectivity index (χ4n) is 2.15. The summed E-state index contributed by atoms with van der Waals surface area (Å²) in [5.74, 6) is -1.20. The topological polar surface area (TPSA) is 54.7 Å². The van der Waals surface area contributed by atoms with Crippen LogP contribution in [-0.2, 0) is 0 Å². The molecule has 0 unspecified atom stereocenters. The number of aromatic amines is 1. The summed E-state index contributed by atoms with van der Waals surface area (Å²) in [5, 5.41) is 7.27. The van der Waals surface area contributed by atoms with Gasteiger partial charge < -0.3 is 5.73 Å². The van der Waals surface area contributed by atoms with Gasteiger partial charge in [-0.1, -0.05) is 23.7 Å². The predicted molar refractivity (Wildman–Crippen MR) is 78.8 cm³/mol. The molecule has 0 amide bonds. The van der Waals surface area contributed by atoms with E-state index in [1.807, 2.05) is 0 Å². The van der Waals surface area contributed by atoms with Gasteiger partial charge in [0.2, 0.25) is 0 Å². The fourth-order valence-corrected chi connectivity index (χ4v) is 2.27. The highest BCUT2D eigenvalue weighted by Crippen LogP contribution is 2.36. The maximum absolute atomic E-state index is 14.0. The summed E-state index contributed by atoms with van der Waals surface area (Å²) in [6.45, 7) is 0. The first-order valence-electron chi connectivity index (χ1n) is 6.11. The van der Waals surface area contributed by atoms with Gasteiger partial charge in [-0.15, -0.1) is 0 Å². The molecule has 0 aliphatic heterocycles. The highest BCUT2D eigenvalue weighted by atomic mass is 35.5. The van der Waals surface area contributed by atoms with Crippen LogP contribution in [0.3, 0.4) is 0 Å². The van der Waals surface area contributed by atoms with Gasteiger partial charge in [0.05, 0.1) is 11.3 Å². The Balaban J connectivity index is 2.19. The van der Waals surface area contributed by atoms with Crippen molar-refractivity contribution >= 4 is 17.4 Å². The molecule has 0 atom stereocenters. The Morgan fingerprint density at radius 2 is 1.76 bits per heavy atom. The molecular weight excluding hydrogens is 296 g/mol. The predicted octanol–water partition coefficient (Wildman–Crippen LogP) is 4.26. The van der Waals surface area contributed by atoms with E-state index in [1.54, 1.807) is 24.3 Å². The molecule has 0 fully saturated rings. The maximum Gasteiger partial charge on any atom is 0.153 e. The van der Waals surface area contributed by atoms with Crippen molar-refractivity contribution in [2.45, 2.75) is 0 Å². The molecule has 0 radical (unpaired) electrons. The van der Waals surface area contributed by atoms with Crippen molar-refractivity contribution in [2.75, 3.05) is 5.73 Å². The number of rotatable bonds is 2. The number of aromatic nitrogens is 2. The number of hydrogen-bond donors (Lipinski definition) is 2. The van der Waals surface area contributed by atoms with E-state index >= 15 is 0 Å². The molecule has 21 heavy (non-hydrogen) atoms. The molecule has 0 saturated heterocycles. The summed E-state index contributed by atoms with van der Waals surface area (Å²) in [6.07, 6.45) is 0. The van der Waals surface area contributed by atoms with Crippen molar-refractivity contribution in [3.63, 3.8) is 0 Å². The minimum atomic E-state index is -0.696. The number of anilines is 1. The number of hydrogen-bond acceptors (Lipinski definition) is 2. The van der Waals surface area contributed by atoms with Crippen molar-refractivity contribution in [3.05, 3.63) is 59.1 Å². The van der Waals surface area contributed by atoms with Crippen LogP contribution >= 0.6 is 11.6 Å². The molecule has 3 rings (SSSR count). The summed E-state index contributed by atoms with van der Waals surface area (Å²) in [5.41, 5.74) is 7.71. The lowest BCUT2D eigenvalue weighted by Gasteiger charge is -2.06. The highest BCUT2D eigenvalue weighted by molar-refractivity contribution is 6.30. The van der Waals surface area contributed by atoms with Crippen molar-refractivity contribution in [2.24, 2.45) is 0 Å². The average Bonchev–Trinajstić information content (AvgIpc) is 2.82. The van der Waals surface area contributed by atoms with Crippen LogP contribution in [0.5, 0.6) is 0 Å². The molecule has 0 aliphatic rings. The third-order valence-corrected chi connectivity index (χ3v) is 3.38. The van der Waals surface area contributed by atoms with Crippen molar-refractivity contribution in [3.8, 4) is 22.4 Å². The molecular formula is C15H10ClF2N3. The number of nitrogen functional groups attached to an aromatic ring is 1. The molecule has 3 N–H and O–H groups in total. The second kappa shape index (κ2) is 5.18. The minimum absolute atomic E-state index is 0.144. The lowest BCUT2D eigenvalue weighted by atomic mass is 10.0. The Labute approximate surface area is 124 Å². The van der Waals surface area contributed by atoms with Gasteiger partial charge in [-0.2, -0.15) is 5.10 Å². The number of benzene rings is 2. The zero-order chi connectivity index (χ0) is 15.0. The number of nitrogens with two attached hydrogens (primary N) is 1. The van der Waals surface area contributed by atoms with Crippen molar-refractivity contribution < 1.29 is 8.78 Å². The van der Waals surface area contributed by atoms with Gasteiger partial charge in [-0.05, 0) is 24.3 Å². The van der Waals surface area contributed by atoms with E-state index in [2.05, 4.69) is 10.2 Å². The van der Waals surface area contributed by atoms with Gasteiger partial charge in [0.1, 0.15) is 11.6 Å². The molecule has 6 heteroatoms. The number of nitrogens with zero attached hydrogens (tertiary/aromatic N) is 1.